The predicted octanol–water partition coefficient (Wildman–Crippen LogP) is 1.86. The Morgan fingerprint density at radius 1 is 1.18 bits per heavy atom. The van der Waals surface area contributed by atoms with E-state index in [1.165, 1.54) is 7.11 Å². The Bertz CT molecular complexity index is 634. The predicted molar refractivity (Wildman–Crippen MR) is 89.4 cm³/mol. The van der Waals surface area contributed by atoms with E-state index >= 15 is 0 Å². The zero-order valence-electron chi connectivity index (χ0n) is 12.7. The summed E-state index contributed by atoms with van der Waals surface area (Å²) in [6.45, 7) is 0.654. The van der Waals surface area contributed by atoms with Crippen LogP contribution in [0.3, 0.4) is 0 Å². The lowest BCUT2D eigenvalue weighted by atomic mass is 10.1. The first-order valence-corrected chi connectivity index (χ1v) is 6.73. The van der Waals surface area contributed by atoms with E-state index in [-0.39, 0.29) is 24.9 Å². The number of fused-ring (bicyclic) bond motifs is 1. The molecule has 0 aromatic heterocycles. The minimum absolute atomic E-state index is 0. The third-order valence-electron chi connectivity index (χ3n) is 3.26. The van der Waals surface area contributed by atoms with Gasteiger partial charge in [-0.1, -0.05) is 18.2 Å². The molecule has 0 aliphatic heterocycles. The van der Waals surface area contributed by atoms with Crippen LogP contribution in [0.25, 0.3) is 10.8 Å². The van der Waals surface area contributed by atoms with Crippen LogP contribution in [0, 0.1) is 0 Å². The van der Waals surface area contributed by atoms with Gasteiger partial charge in [0, 0.05) is 13.7 Å². The maximum absolute atomic E-state index is 11.7. The number of benzene rings is 2. The number of rotatable bonds is 6. The fourth-order valence-corrected chi connectivity index (χ4v) is 2.09. The minimum Gasteiger partial charge on any atom is -0.497 e. The molecule has 2 aromatic rings. The SMILES string of the molecule is COCC(N)C(=O)NCc1ccc2cc(OC)ccc2c1.Cl. The molecule has 2 rings (SSSR count). The van der Waals surface area contributed by atoms with Gasteiger partial charge in [-0.25, -0.2) is 0 Å². The quantitative estimate of drug-likeness (QED) is 0.850. The Morgan fingerprint density at radius 3 is 2.55 bits per heavy atom. The lowest BCUT2D eigenvalue weighted by molar-refractivity contribution is -0.123. The van der Waals surface area contributed by atoms with Crippen molar-refractivity contribution in [2.45, 2.75) is 12.6 Å². The molecule has 0 aliphatic rings. The number of carbonyl (C=O) groups is 1. The summed E-state index contributed by atoms with van der Waals surface area (Å²) in [4.78, 5) is 11.7. The smallest absolute Gasteiger partial charge is 0.239 e. The van der Waals surface area contributed by atoms with Crippen LogP contribution in [0.1, 0.15) is 5.56 Å². The summed E-state index contributed by atoms with van der Waals surface area (Å²) in [6, 6.07) is 11.3. The van der Waals surface area contributed by atoms with Crippen LogP contribution in [-0.4, -0.2) is 32.8 Å². The minimum atomic E-state index is -0.639. The summed E-state index contributed by atoms with van der Waals surface area (Å²) < 4.78 is 10.1. The lowest BCUT2D eigenvalue weighted by Gasteiger charge is -2.11. The summed E-state index contributed by atoms with van der Waals surface area (Å²) in [5, 5.41) is 5.00. The molecule has 5 nitrogen and oxygen atoms in total. The molecular formula is C16H21ClN2O3. The molecule has 2 aromatic carbocycles. The van der Waals surface area contributed by atoms with Gasteiger partial charge in [0.1, 0.15) is 11.8 Å². The fourth-order valence-electron chi connectivity index (χ4n) is 2.09. The second-order valence-corrected chi connectivity index (χ2v) is 4.83. The zero-order chi connectivity index (χ0) is 15.2. The summed E-state index contributed by atoms with van der Waals surface area (Å²) in [7, 11) is 3.17. The Morgan fingerprint density at radius 2 is 1.86 bits per heavy atom. The van der Waals surface area contributed by atoms with Crippen LogP contribution in [-0.2, 0) is 16.1 Å². The highest BCUT2D eigenvalue weighted by Crippen LogP contribution is 2.21. The Kier molecular flexibility index (Phi) is 7.11. The van der Waals surface area contributed by atoms with E-state index in [0.717, 1.165) is 22.1 Å². The van der Waals surface area contributed by atoms with Crippen LogP contribution in [0.15, 0.2) is 36.4 Å². The van der Waals surface area contributed by atoms with Crippen molar-refractivity contribution in [3.05, 3.63) is 42.0 Å². The number of halogens is 1. The highest BCUT2D eigenvalue weighted by atomic mass is 35.5. The van der Waals surface area contributed by atoms with E-state index in [2.05, 4.69) is 5.32 Å². The monoisotopic (exact) mass is 324 g/mol. The van der Waals surface area contributed by atoms with E-state index in [1.807, 2.05) is 36.4 Å². The van der Waals surface area contributed by atoms with Gasteiger partial charge in [-0.05, 0) is 34.5 Å². The zero-order valence-corrected chi connectivity index (χ0v) is 13.5. The topological polar surface area (TPSA) is 73.6 Å². The first-order chi connectivity index (χ1) is 10.1. The Hall–Kier alpha value is -1.82. The number of amides is 1. The molecule has 0 bridgehead atoms. The van der Waals surface area contributed by atoms with E-state index in [1.54, 1.807) is 7.11 Å². The first-order valence-electron chi connectivity index (χ1n) is 6.73. The third-order valence-corrected chi connectivity index (χ3v) is 3.26. The maximum atomic E-state index is 11.7. The highest BCUT2D eigenvalue weighted by Gasteiger charge is 2.12. The maximum Gasteiger partial charge on any atom is 0.239 e. The standard InChI is InChI=1S/C16H20N2O3.ClH/c1-20-10-15(17)16(19)18-9-11-3-4-13-8-14(21-2)6-5-12(13)7-11;/h3-8,15H,9-10,17H2,1-2H3,(H,18,19);1H. The van der Waals surface area contributed by atoms with E-state index in [4.69, 9.17) is 15.2 Å². The third kappa shape index (κ3) is 4.59. The van der Waals surface area contributed by atoms with E-state index in [0.29, 0.717) is 6.54 Å². The molecule has 0 radical (unpaired) electrons. The summed E-state index contributed by atoms with van der Waals surface area (Å²) in [6.07, 6.45) is 0. The van der Waals surface area contributed by atoms with E-state index in [9.17, 15) is 4.79 Å². The van der Waals surface area contributed by atoms with Gasteiger partial charge >= 0.3 is 0 Å². The molecule has 120 valence electrons. The fraction of sp³-hybridized carbons (Fsp3) is 0.312. The van der Waals surface area contributed by atoms with Crippen LogP contribution in [0.2, 0.25) is 0 Å². The number of hydrogen-bond acceptors (Lipinski definition) is 4. The molecule has 0 aliphatic carbocycles. The van der Waals surface area contributed by atoms with Gasteiger partial charge in [0.25, 0.3) is 0 Å². The molecule has 0 fully saturated rings. The molecule has 0 heterocycles. The number of carbonyl (C=O) groups excluding carboxylic acids is 1. The van der Waals surface area contributed by atoms with E-state index < -0.39 is 6.04 Å². The van der Waals surface area contributed by atoms with Crippen molar-refractivity contribution in [3.8, 4) is 5.75 Å². The molecule has 22 heavy (non-hydrogen) atoms. The van der Waals surface area contributed by atoms with Crippen molar-refractivity contribution in [2.24, 2.45) is 5.73 Å². The van der Waals surface area contributed by atoms with Gasteiger partial charge in [-0.2, -0.15) is 0 Å². The summed E-state index contributed by atoms with van der Waals surface area (Å²) in [5.74, 6) is 0.612. The number of hydrogen-bond donors (Lipinski definition) is 2. The van der Waals surface area contributed by atoms with Crippen molar-refractivity contribution in [2.75, 3.05) is 20.8 Å². The van der Waals surface area contributed by atoms with Gasteiger partial charge < -0.3 is 20.5 Å². The average molecular weight is 325 g/mol. The number of ether oxygens (including phenoxy) is 2. The van der Waals surface area contributed by atoms with Gasteiger partial charge in [0.2, 0.25) is 5.91 Å². The Balaban J connectivity index is 0.00000242. The average Bonchev–Trinajstić information content (AvgIpc) is 2.52. The van der Waals surface area contributed by atoms with Crippen molar-refractivity contribution in [3.63, 3.8) is 0 Å². The molecule has 6 heteroatoms. The molecule has 0 saturated heterocycles. The van der Waals surface area contributed by atoms with Crippen LogP contribution >= 0.6 is 12.4 Å². The molecule has 1 atom stereocenters. The number of methoxy groups -OCH3 is 2. The van der Waals surface area contributed by atoms with Crippen molar-refractivity contribution < 1.29 is 14.3 Å². The largest absolute Gasteiger partial charge is 0.497 e. The van der Waals surface area contributed by atoms with Gasteiger partial charge in [-0.3, -0.25) is 4.79 Å². The normalized spacial score (nSPS) is 11.6. The summed E-state index contributed by atoms with van der Waals surface area (Å²) in [5.41, 5.74) is 6.68. The molecular weight excluding hydrogens is 304 g/mol. The first kappa shape index (κ1) is 18.2. The number of nitrogens with one attached hydrogen (secondary N) is 1. The lowest BCUT2D eigenvalue weighted by Crippen LogP contribution is -2.43. The van der Waals surface area contributed by atoms with Crippen LogP contribution in [0.4, 0.5) is 0 Å². The highest BCUT2D eigenvalue weighted by molar-refractivity contribution is 5.85. The van der Waals surface area contributed by atoms with Crippen LogP contribution in [0.5, 0.6) is 5.75 Å². The molecule has 3 N–H and O–H groups in total. The Labute approximate surface area is 136 Å². The van der Waals surface area contributed by atoms with Gasteiger partial charge in [-0.15, -0.1) is 12.4 Å². The second kappa shape index (κ2) is 8.58. The second-order valence-electron chi connectivity index (χ2n) is 4.83. The van der Waals surface area contributed by atoms with Crippen molar-refractivity contribution in [1.82, 2.24) is 5.32 Å². The van der Waals surface area contributed by atoms with Crippen molar-refractivity contribution in [1.29, 1.82) is 0 Å². The van der Waals surface area contributed by atoms with Gasteiger partial charge in [0.05, 0.1) is 13.7 Å². The number of nitrogens with two attached hydrogens (primary N) is 1. The van der Waals surface area contributed by atoms with Crippen LogP contribution < -0.4 is 15.8 Å². The molecule has 1 amide bonds. The van der Waals surface area contributed by atoms with Crippen molar-refractivity contribution >= 4 is 29.1 Å². The summed E-state index contributed by atoms with van der Waals surface area (Å²) >= 11 is 0. The molecule has 0 saturated carbocycles. The molecule has 1 unspecified atom stereocenters. The molecule has 0 spiro atoms. The van der Waals surface area contributed by atoms with Gasteiger partial charge in [0.15, 0.2) is 0 Å².